The highest BCUT2D eigenvalue weighted by atomic mass is 32.2. The van der Waals surface area contributed by atoms with E-state index in [1.807, 2.05) is 6.07 Å². The summed E-state index contributed by atoms with van der Waals surface area (Å²) >= 11 is 1.54. The number of aliphatic hydroxyl groups is 1. The Morgan fingerprint density at radius 2 is 1.95 bits per heavy atom. The zero-order valence-electron chi connectivity index (χ0n) is 11.6. The molecule has 1 nitrogen and oxygen atoms in total. The molecule has 0 radical (unpaired) electrons. The molecular formula is C17H17FOS. The molecule has 0 saturated carbocycles. The van der Waals surface area contributed by atoms with Crippen LogP contribution in [0.3, 0.4) is 0 Å². The molecule has 1 N–H and O–H groups in total. The number of aliphatic hydroxyl groups excluding tert-OH is 1. The van der Waals surface area contributed by atoms with Gasteiger partial charge in [0.25, 0.3) is 0 Å². The molecule has 3 heteroatoms. The van der Waals surface area contributed by atoms with Crippen molar-refractivity contribution in [2.24, 2.45) is 0 Å². The van der Waals surface area contributed by atoms with Crippen molar-refractivity contribution in [3.05, 3.63) is 58.9 Å². The highest BCUT2D eigenvalue weighted by molar-refractivity contribution is 7.99. The maximum Gasteiger partial charge on any atom is 0.124 e. The maximum atomic E-state index is 13.4. The summed E-state index contributed by atoms with van der Waals surface area (Å²) in [5.74, 6) is 0.202. The molecule has 1 aliphatic heterocycles. The SMILES string of the molecule is CC(C)c1ccc2c(c1)C(O)Cc1ccc(F)cc1S2. The Hall–Kier alpha value is -1.32. The number of benzene rings is 2. The molecule has 0 aromatic heterocycles. The van der Waals surface area contributed by atoms with Crippen molar-refractivity contribution in [1.29, 1.82) is 0 Å². The fourth-order valence-electron chi connectivity index (χ4n) is 2.51. The molecule has 2 aromatic rings. The van der Waals surface area contributed by atoms with E-state index in [1.54, 1.807) is 23.9 Å². The zero-order chi connectivity index (χ0) is 14.3. The van der Waals surface area contributed by atoms with Gasteiger partial charge in [-0.05, 0) is 40.8 Å². The van der Waals surface area contributed by atoms with Gasteiger partial charge in [-0.2, -0.15) is 0 Å². The van der Waals surface area contributed by atoms with Crippen molar-refractivity contribution in [2.45, 2.75) is 42.1 Å². The van der Waals surface area contributed by atoms with Crippen LogP contribution in [-0.2, 0) is 6.42 Å². The van der Waals surface area contributed by atoms with Crippen LogP contribution in [0.2, 0.25) is 0 Å². The van der Waals surface area contributed by atoms with Gasteiger partial charge in [0, 0.05) is 16.2 Å². The van der Waals surface area contributed by atoms with Crippen molar-refractivity contribution >= 4 is 11.8 Å². The molecule has 0 fully saturated rings. The van der Waals surface area contributed by atoms with E-state index in [0.29, 0.717) is 12.3 Å². The van der Waals surface area contributed by atoms with Crippen LogP contribution in [0.4, 0.5) is 4.39 Å². The predicted octanol–water partition coefficient (Wildman–Crippen LogP) is 4.69. The molecule has 1 aliphatic rings. The van der Waals surface area contributed by atoms with E-state index in [4.69, 9.17) is 0 Å². The second-order valence-corrected chi connectivity index (χ2v) is 6.61. The van der Waals surface area contributed by atoms with Crippen LogP contribution in [0.5, 0.6) is 0 Å². The Labute approximate surface area is 122 Å². The number of hydrogen-bond donors (Lipinski definition) is 1. The predicted molar refractivity (Wildman–Crippen MR) is 79.7 cm³/mol. The summed E-state index contributed by atoms with van der Waals surface area (Å²) in [7, 11) is 0. The van der Waals surface area contributed by atoms with Crippen molar-refractivity contribution in [3.63, 3.8) is 0 Å². The molecule has 104 valence electrons. The minimum Gasteiger partial charge on any atom is -0.388 e. The first-order valence-corrected chi connectivity index (χ1v) is 7.64. The smallest absolute Gasteiger partial charge is 0.124 e. The van der Waals surface area contributed by atoms with Gasteiger partial charge in [0.1, 0.15) is 5.82 Å². The van der Waals surface area contributed by atoms with E-state index in [1.165, 1.54) is 11.6 Å². The number of rotatable bonds is 1. The van der Waals surface area contributed by atoms with E-state index in [-0.39, 0.29) is 5.82 Å². The Kier molecular flexibility index (Phi) is 3.57. The molecule has 0 amide bonds. The largest absolute Gasteiger partial charge is 0.388 e. The van der Waals surface area contributed by atoms with E-state index >= 15 is 0 Å². The first kappa shape index (κ1) is 13.7. The average Bonchev–Trinajstić information content (AvgIpc) is 2.54. The third kappa shape index (κ3) is 2.48. The molecule has 0 bridgehead atoms. The lowest BCUT2D eigenvalue weighted by molar-refractivity contribution is 0.175. The molecule has 0 aliphatic carbocycles. The van der Waals surface area contributed by atoms with E-state index in [2.05, 4.69) is 26.0 Å². The van der Waals surface area contributed by atoms with Crippen LogP contribution < -0.4 is 0 Å². The summed E-state index contributed by atoms with van der Waals surface area (Å²) in [5.41, 5.74) is 3.18. The minimum absolute atomic E-state index is 0.229. The number of hydrogen-bond acceptors (Lipinski definition) is 2. The molecule has 1 atom stereocenters. The van der Waals surface area contributed by atoms with Crippen LogP contribution in [0.15, 0.2) is 46.2 Å². The maximum absolute atomic E-state index is 13.4. The normalized spacial score (nSPS) is 17.6. The lowest BCUT2D eigenvalue weighted by atomic mass is 9.96. The Morgan fingerprint density at radius 1 is 1.15 bits per heavy atom. The lowest BCUT2D eigenvalue weighted by Gasteiger charge is -2.14. The van der Waals surface area contributed by atoms with Crippen molar-refractivity contribution in [2.75, 3.05) is 0 Å². The summed E-state index contributed by atoms with van der Waals surface area (Å²) in [5, 5.41) is 10.5. The Bertz CT molecular complexity index is 651. The molecule has 2 aromatic carbocycles. The van der Waals surface area contributed by atoms with Gasteiger partial charge in [-0.25, -0.2) is 4.39 Å². The second kappa shape index (κ2) is 5.23. The molecular weight excluding hydrogens is 271 g/mol. The van der Waals surface area contributed by atoms with E-state index in [9.17, 15) is 9.50 Å². The standard InChI is InChI=1S/C17H17FOS/c1-10(2)11-4-6-16-14(7-11)15(19)8-12-3-5-13(18)9-17(12)20-16/h3-7,9-10,15,19H,8H2,1-2H3. The molecule has 1 heterocycles. The quantitative estimate of drug-likeness (QED) is 0.821. The molecule has 20 heavy (non-hydrogen) atoms. The first-order valence-electron chi connectivity index (χ1n) is 6.83. The van der Waals surface area contributed by atoms with Gasteiger partial charge in [0.05, 0.1) is 6.10 Å². The number of halogens is 1. The van der Waals surface area contributed by atoms with Gasteiger partial charge in [-0.3, -0.25) is 0 Å². The molecule has 0 saturated heterocycles. The van der Waals surface area contributed by atoms with Crippen LogP contribution in [0.1, 0.15) is 42.6 Å². The molecule has 3 rings (SSSR count). The van der Waals surface area contributed by atoms with Gasteiger partial charge in [0.15, 0.2) is 0 Å². The first-order chi connectivity index (χ1) is 9.54. The monoisotopic (exact) mass is 288 g/mol. The van der Waals surface area contributed by atoms with Crippen molar-refractivity contribution < 1.29 is 9.50 Å². The van der Waals surface area contributed by atoms with Gasteiger partial charge in [0.2, 0.25) is 0 Å². The summed E-state index contributed by atoms with van der Waals surface area (Å²) in [6.45, 7) is 4.28. The highest BCUT2D eigenvalue weighted by Crippen LogP contribution is 2.41. The fourth-order valence-corrected chi connectivity index (χ4v) is 3.65. The van der Waals surface area contributed by atoms with Crippen molar-refractivity contribution in [1.82, 2.24) is 0 Å². The Balaban J connectivity index is 2.08. The number of fused-ring (bicyclic) bond motifs is 2. The average molecular weight is 288 g/mol. The Morgan fingerprint density at radius 3 is 2.70 bits per heavy atom. The van der Waals surface area contributed by atoms with Crippen LogP contribution in [0, 0.1) is 5.82 Å². The minimum atomic E-state index is -0.525. The van der Waals surface area contributed by atoms with Crippen LogP contribution in [0.25, 0.3) is 0 Å². The fraction of sp³-hybridized carbons (Fsp3) is 0.294. The van der Waals surface area contributed by atoms with E-state index < -0.39 is 6.10 Å². The second-order valence-electron chi connectivity index (χ2n) is 5.53. The summed E-state index contributed by atoms with van der Waals surface area (Å²) in [6.07, 6.45) is 0.0138. The van der Waals surface area contributed by atoms with Gasteiger partial charge < -0.3 is 5.11 Å². The third-order valence-corrected chi connectivity index (χ3v) is 4.91. The molecule has 0 spiro atoms. The topological polar surface area (TPSA) is 20.2 Å². The summed E-state index contributed by atoms with van der Waals surface area (Å²) < 4.78 is 13.4. The summed E-state index contributed by atoms with van der Waals surface area (Å²) in [6, 6.07) is 11.0. The van der Waals surface area contributed by atoms with Gasteiger partial charge in [-0.15, -0.1) is 0 Å². The van der Waals surface area contributed by atoms with Gasteiger partial charge in [-0.1, -0.05) is 43.8 Å². The van der Waals surface area contributed by atoms with Gasteiger partial charge >= 0.3 is 0 Å². The molecule has 1 unspecified atom stereocenters. The third-order valence-electron chi connectivity index (χ3n) is 3.72. The van der Waals surface area contributed by atoms with Crippen molar-refractivity contribution in [3.8, 4) is 0 Å². The summed E-state index contributed by atoms with van der Waals surface area (Å²) in [4.78, 5) is 1.92. The van der Waals surface area contributed by atoms with E-state index in [0.717, 1.165) is 20.9 Å². The highest BCUT2D eigenvalue weighted by Gasteiger charge is 2.22. The van der Waals surface area contributed by atoms with Crippen LogP contribution >= 0.6 is 11.8 Å². The van der Waals surface area contributed by atoms with Crippen LogP contribution in [-0.4, -0.2) is 5.11 Å². The lowest BCUT2D eigenvalue weighted by Crippen LogP contribution is -2.03. The zero-order valence-corrected chi connectivity index (χ0v) is 12.4.